The highest BCUT2D eigenvalue weighted by Gasteiger charge is 2.35. The number of benzene rings is 3. The number of thioether (sulfide) groups is 1. The first-order valence-electron chi connectivity index (χ1n) is 11.0. The lowest BCUT2D eigenvalue weighted by atomic mass is 10.1. The first kappa shape index (κ1) is 25.8. The SMILES string of the molecule is CCOc1cc(/C=C2\SC(=O)N(Cc3ccc(Br)cc3)C2=O)cc(I)c1OCc1ccccc1C. The fraction of sp³-hybridized carbons (Fsp3) is 0.185. The van der Waals surface area contributed by atoms with Crippen LogP contribution in [-0.4, -0.2) is 22.7 Å². The Bertz CT molecular complexity index is 1290. The predicted molar refractivity (Wildman–Crippen MR) is 151 cm³/mol. The van der Waals surface area contributed by atoms with Gasteiger partial charge in [0.25, 0.3) is 11.1 Å². The van der Waals surface area contributed by atoms with Crippen LogP contribution in [0, 0.1) is 10.5 Å². The number of hydrogen-bond acceptors (Lipinski definition) is 5. The van der Waals surface area contributed by atoms with Gasteiger partial charge in [-0.2, -0.15) is 0 Å². The van der Waals surface area contributed by atoms with Crippen molar-refractivity contribution in [1.82, 2.24) is 4.90 Å². The molecule has 4 rings (SSSR count). The maximum atomic E-state index is 13.0. The third-order valence-electron chi connectivity index (χ3n) is 5.39. The van der Waals surface area contributed by atoms with Crippen molar-refractivity contribution in [3.63, 3.8) is 0 Å². The van der Waals surface area contributed by atoms with Crippen LogP contribution in [0.15, 0.2) is 70.0 Å². The van der Waals surface area contributed by atoms with Crippen molar-refractivity contribution in [3.05, 3.63) is 95.9 Å². The lowest BCUT2D eigenvalue weighted by molar-refractivity contribution is -0.123. The van der Waals surface area contributed by atoms with Gasteiger partial charge in [-0.15, -0.1) is 0 Å². The van der Waals surface area contributed by atoms with Crippen molar-refractivity contribution >= 4 is 67.5 Å². The molecule has 0 spiro atoms. The number of amides is 2. The van der Waals surface area contributed by atoms with Crippen molar-refractivity contribution in [2.24, 2.45) is 0 Å². The lowest BCUT2D eigenvalue weighted by Gasteiger charge is -2.16. The lowest BCUT2D eigenvalue weighted by Crippen LogP contribution is -2.27. The number of aryl methyl sites for hydroxylation is 1. The molecule has 2 amide bonds. The zero-order chi connectivity index (χ0) is 24.9. The van der Waals surface area contributed by atoms with Gasteiger partial charge in [-0.25, -0.2) is 0 Å². The van der Waals surface area contributed by atoms with Crippen LogP contribution >= 0.6 is 50.3 Å². The molecule has 0 N–H and O–H groups in total. The Kier molecular flexibility index (Phi) is 8.56. The first-order chi connectivity index (χ1) is 16.9. The van der Waals surface area contributed by atoms with E-state index in [1.54, 1.807) is 6.08 Å². The molecule has 0 aromatic heterocycles. The Morgan fingerprint density at radius 2 is 1.80 bits per heavy atom. The molecule has 0 radical (unpaired) electrons. The second-order valence-corrected chi connectivity index (χ2v) is 10.9. The fourth-order valence-electron chi connectivity index (χ4n) is 3.56. The first-order valence-corrected chi connectivity index (χ1v) is 13.7. The molecule has 0 aliphatic carbocycles. The van der Waals surface area contributed by atoms with Crippen molar-refractivity contribution in [2.75, 3.05) is 6.61 Å². The smallest absolute Gasteiger partial charge is 0.293 e. The molecule has 0 unspecified atom stereocenters. The largest absolute Gasteiger partial charge is 0.490 e. The average Bonchev–Trinajstić information content (AvgIpc) is 3.08. The van der Waals surface area contributed by atoms with Crippen LogP contribution in [0.2, 0.25) is 0 Å². The molecular formula is C27H23BrINO4S. The normalized spacial score (nSPS) is 14.6. The second kappa shape index (κ2) is 11.6. The summed E-state index contributed by atoms with van der Waals surface area (Å²) in [6.45, 7) is 5.11. The summed E-state index contributed by atoms with van der Waals surface area (Å²) in [4.78, 5) is 27.2. The van der Waals surface area contributed by atoms with E-state index < -0.39 is 0 Å². The molecule has 1 aliphatic heterocycles. The standard InChI is InChI=1S/C27H23BrINO4S/c1-3-33-23-13-19(12-22(29)25(23)34-16-20-7-5-4-6-17(20)2)14-24-26(31)30(27(32)35-24)15-18-8-10-21(28)11-9-18/h4-14H,3,15-16H2,1-2H3/b24-14-. The Morgan fingerprint density at radius 3 is 2.51 bits per heavy atom. The van der Waals surface area contributed by atoms with Gasteiger partial charge in [0.1, 0.15) is 6.61 Å². The molecule has 0 saturated carbocycles. The van der Waals surface area contributed by atoms with Gasteiger partial charge in [0.15, 0.2) is 11.5 Å². The molecule has 8 heteroatoms. The Hall–Kier alpha value is -2.30. The Labute approximate surface area is 231 Å². The van der Waals surface area contributed by atoms with E-state index in [1.165, 1.54) is 4.90 Å². The van der Waals surface area contributed by atoms with Gasteiger partial charge in [0.05, 0.1) is 21.6 Å². The van der Waals surface area contributed by atoms with E-state index in [0.717, 1.165) is 42.1 Å². The van der Waals surface area contributed by atoms with Crippen LogP contribution in [0.5, 0.6) is 11.5 Å². The van der Waals surface area contributed by atoms with Gasteiger partial charge in [-0.3, -0.25) is 14.5 Å². The third-order valence-corrected chi connectivity index (χ3v) is 7.63. The number of imide groups is 1. The topological polar surface area (TPSA) is 55.8 Å². The minimum absolute atomic E-state index is 0.239. The number of hydrogen-bond donors (Lipinski definition) is 0. The zero-order valence-corrected chi connectivity index (χ0v) is 23.8. The van der Waals surface area contributed by atoms with E-state index in [1.807, 2.05) is 61.5 Å². The number of rotatable bonds is 8. The summed E-state index contributed by atoms with van der Waals surface area (Å²) in [6, 6.07) is 19.4. The molecular weight excluding hydrogens is 641 g/mol. The van der Waals surface area contributed by atoms with Gasteiger partial charge in [0.2, 0.25) is 0 Å². The number of ether oxygens (including phenoxy) is 2. The molecule has 3 aromatic rings. The van der Waals surface area contributed by atoms with Gasteiger partial charge in [-0.05, 0) is 101 Å². The molecule has 1 aliphatic rings. The molecule has 1 heterocycles. The fourth-order valence-corrected chi connectivity index (χ4v) is 5.44. The molecule has 180 valence electrons. The molecule has 5 nitrogen and oxygen atoms in total. The molecule has 1 saturated heterocycles. The summed E-state index contributed by atoms with van der Waals surface area (Å²) < 4.78 is 13.8. The second-order valence-electron chi connectivity index (χ2n) is 7.87. The minimum atomic E-state index is -0.296. The van der Waals surface area contributed by atoms with E-state index in [2.05, 4.69) is 51.5 Å². The van der Waals surface area contributed by atoms with E-state index in [-0.39, 0.29) is 17.7 Å². The van der Waals surface area contributed by atoms with E-state index in [9.17, 15) is 9.59 Å². The van der Waals surface area contributed by atoms with Crippen LogP contribution in [0.25, 0.3) is 6.08 Å². The van der Waals surface area contributed by atoms with Crippen LogP contribution < -0.4 is 9.47 Å². The van der Waals surface area contributed by atoms with Crippen molar-refractivity contribution in [1.29, 1.82) is 0 Å². The molecule has 1 fully saturated rings. The number of halogens is 2. The number of carbonyl (C=O) groups is 2. The highest BCUT2D eigenvalue weighted by atomic mass is 127. The summed E-state index contributed by atoms with van der Waals surface area (Å²) in [7, 11) is 0. The monoisotopic (exact) mass is 663 g/mol. The van der Waals surface area contributed by atoms with Crippen LogP contribution in [0.1, 0.15) is 29.2 Å². The van der Waals surface area contributed by atoms with Crippen molar-refractivity contribution < 1.29 is 19.1 Å². The summed E-state index contributed by atoms with van der Waals surface area (Å²) in [5.41, 5.74) is 3.93. The van der Waals surface area contributed by atoms with E-state index >= 15 is 0 Å². The zero-order valence-electron chi connectivity index (χ0n) is 19.2. The van der Waals surface area contributed by atoms with Gasteiger partial charge in [-0.1, -0.05) is 52.3 Å². The minimum Gasteiger partial charge on any atom is -0.490 e. The maximum Gasteiger partial charge on any atom is 0.293 e. The van der Waals surface area contributed by atoms with Gasteiger partial charge in [0, 0.05) is 4.47 Å². The quantitative estimate of drug-likeness (QED) is 0.184. The van der Waals surface area contributed by atoms with E-state index in [4.69, 9.17) is 9.47 Å². The molecule has 3 aromatic carbocycles. The Morgan fingerprint density at radius 1 is 1.06 bits per heavy atom. The highest BCUT2D eigenvalue weighted by Crippen LogP contribution is 2.38. The van der Waals surface area contributed by atoms with Crippen LogP contribution in [0.4, 0.5) is 4.79 Å². The van der Waals surface area contributed by atoms with Gasteiger partial charge < -0.3 is 9.47 Å². The number of carbonyl (C=O) groups excluding carboxylic acids is 2. The van der Waals surface area contributed by atoms with Crippen molar-refractivity contribution in [2.45, 2.75) is 27.0 Å². The summed E-state index contributed by atoms with van der Waals surface area (Å²) >= 11 is 6.57. The summed E-state index contributed by atoms with van der Waals surface area (Å²) in [6.07, 6.45) is 1.74. The molecule has 0 atom stereocenters. The number of nitrogens with zero attached hydrogens (tertiary/aromatic N) is 1. The van der Waals surface area contributed by atoms with Gasteiger partial charge >= 0.3 is 0 Å². The van der Waals surface area contributed by atoms with E-state index in [0.29, 0.717) is 29.6 Å². The predicted octanol–water partition coefficient (Wildman–Crippen LogP) is 7.58. The summed E-state index contributed by atoms with van der Waals surface area (Å²) in [5.74, 6) is 0.972. The molecule has 35 heavy (non-hydrogen) atoms. The third kappa shape index (κ3) is 6.29. The Balaban J connectivity index is 1.55. The van der Waals surface area contributed by atoms with Crippen LogP contribution in [-0.2, 0) is 17.9 Å². The molecule has 0 bridgehead atoms. The average molecular weight is 664 g/mol. The van der Waals surface area contributed by atoms with Crippen LogP contribution in [0.3, 0.4) is 0 Å². The summed E-state index contributed by atoms with van der Waals surface area (Å²) in [5, 5.41) is -0.276. The van der Waals surface area contributed by atoms with Crippen molar-refractivity contribution in [3.8, 4) is 11.5 Å². The highest BCUT2D eigenvalue weighted by molar-refractivity contribution is 14.1. The maximum absolute atomic E-state index is 13.0.